The second-order valence-corrected chi connectivity index (χ2v) is 6.30. The molecule has 0 atom stereocenters. The molecule has 0 aliphatic heterocycles. The van der Waals surface area contributed by atoms with E-state index in [1.807, 2.05) is 26.0 Å². The maximum Gasteiger partial charge on any atom is 0.177 e. The predicted molar refractivity (Wildman–Crippen MR) is 79.7 cm³/mol. The summed E-state index contributed by atoms with van der Waals surface area (Å²) in [6, 6.07) is 6.79. The van der Waals surface area contributed by atoms with Gasteiger partial charge >= 0.3 is 0 Å². The molecule has 2 rings (SSSR count). The van der Waals surface area contributed by atoms with Gasteiger partial charge in [0.2, 0.25) is 0 Å². The van der Waals surface area contributed by atoms with Crippen LogP contribution in [0.15, 0.2) is 18.2 Å². The van der Waals surface area contributed by atoms with Gasteiger partial charge in [0.25, 0.3) is 0 Å². The lowest BCUT2D eigenvalue weighted by molar-refractivity contribution is 0.0914. The van der Waals surface area contributed by atoms with Gasteiger partial charge in [-0.1, -0.05) is 31.5 Å². The van der Waals surface area contributed by atoms with Crippen LogP contribution in [0.5, 0.6) is 0 Å². The lowest BCUT2D eigenvalue weighted by atomic mass is 10.0. The maximum atomic E-state index is 12.5. The summed E-state index contributed by atoms with van der Waals surface area (Å²) in [6.07, 6.45) is 2.51. The molecule has 1 aromatic rings. The Morgan fingerprint density at radius 2 is 2.00 bits per heavy atom. The van der Waals surface area contributed by atoms with Crippen molar-refractivity contribution in [3.8, 4) is 0 Å². The molecule has 104 valence electrons. The summed E-state index contributed by atoms with van der Waals surface area (Å²) < 4.78 is 0. The van der Waals surface area contributed by atoms with E-state index in [1.54, 1.807) is 0 Å². The average molecular weight is 259 g/mol. The van der Waals surface area contributed by atoms with Gasteiger partial charge in [0.05, 0.1) is 6.54 Å². The minimum atomic E-state index is 0.272. The van der Waals surface area contributed by atoms with Crippen LogP contribution in [0.25, 0.3) is 0 Å². The van der Waals surface area contributed by atoms with E-state index < -0.39 is 0 Å². The molecule has 0 unspecified atom stereocenters. The zero-order valence-corrected chi connectivity index (χ0v) is 12.6. The standard InChI is InChI=1S/C17H25NO/c1-12(2)10-18(15-7-8-15)11-17(19)16-9-13(3)5-6-14(16)4/h5-6,9,12,15H,7-8,10-11H2,1-4H3. The Bertz CT molecular complexity index is 460. The molecule has 0 radical (unpaired) electrons. The molecular weight excluding hydrogens is 234 g/mol. The highest BCUT2D eigenvalue weighted by Crippen LogP contribution is 2.28. The van der Waals surface area contributed by atoms with Crippen LogP contribution in [-0.2, 0) is 0 Å². The van der Waals surface area contributed by atoms with Crippen molar-refractivity contribution in [1.82, 2.24) is 4.90 Å². The minimum Gasteiger partial charge on any atom is -0.293 e. The van der Waals surface area contributed by atoms with Crippen LogP contribution >= 0.6 is 0 Å². The number of carbonyl (C=O) groups excluding carboxylic acids is 1. The smallest absolute Gasteiger partial charge is 0.177 e. The molecular formula is C17H25NO. The van der Waals surface area contributed by atoms with E-state index in [2.05, 4.69) is 24.8 Å². The molecule has 0 heterocycles. The van der Waals surface area contributed by atoms with Crippen LogP contribution in [0.3, 0.4) is 0 Å². The van der Waals surface area contributed by atoms with Crippen LogP contribution in [0.1, 0.15) is 48.2 Å². The Labute approximate surface area is 116 Å². The molecule has 2 nitrogen and oxygen atoms in total. The molecule has 0 N–H and O–H groups in total. The monoisotopic (exact) mass is 259 g/mol. The minimum absolute atomic E-state index is 0.272. The van der Waals surface area contributed by atoms with Crippen LogP contribution in [0.2, 0.25) is 0 Å². The molecule has 19 heavy (non-hydrogen) atoms. The highest BCUT2D eigenvalue weighted by molar-refractivity contribution is 5.99. The van der Waals surface area contributed by atoms with Gasteiger partial charge in [-0.15, -0.1) is 0 Å². The van der Waals surface area contributed by atoms with Gasteiger partial charge in [-0.2, -0.15) is 0 Å². The quantitative estimate of drug-likeness (QED) is 0.727. The number of hydrogen-bond acceptors (Lipinski definition) is 2. The van der Waals surface area contributed by atoms with E-state index in [9.17, 15) is 4.79 Å². The van der Waals surface area contributed by atoms with E-state index in [0.29, 0.717) is 18.5 Å². The Kier molecular flexibility index (Phi) is 4.41. The summed E-state index contributed by atoms with van der Waals surface area (Å²) in [5.41, 5.74) is 3.15. The van der Waals surface area contributed by atoms with Gasteiger partial charge in [-0.05, 0) is 44.2 Å². The Morgan fingerprint density at radius 1 is 1.32 bits per heavy atom. The summed E-state index contributed by atoms with van der Waals surface area (Å²) in [7, 11) is 0. The number of Topliss-reactive ketones (excluding diaryl/α,β-unsaturated/α-hetero) is 1. The number of carbonyl (C=O) groups is 1. The van der Waals surface area contributed by atoms with Gasteiger partial charge in [0.15, 0.2) is 5.78 Å². The van der Waals surface area contributed by atoms with Gasteiger partial charge in [-0.3, -0.25) is 9.69 Å². The first-order chi connectivity index (χ1) is 8.97. The molecule has 0 amide bonds. The van der Waals surface area contributed by atoms with Crippen LogP contribution in [0, 0.1) is 19.8 Å². The van der Waals surface area contributed by atoms with E-state index in [-0.39, 0.29) is 5.78 Å². The molecule has 1 aliphatic rings. The average Bonchev–Trinajstić information content (AvgIpc) is 3.14. The summed E-state index contributed by atoms with van der Waals surface area (Å²) >= 11 is 0. The van der Waals surface area contributed by atoms with Crippen molar-refractivity contribution >= 4 is 5.78 Å². The third kappa shape index (κ3) is 3.90. The number of benzene rings is 1. The second kappa shape index (κ2) is 5.87. The van der Waals surface area contributed by atoms with Crippen LogP contribution in [-0.4, -0.2) is 29.8 Å². The van der Waals surface area contributed by atoms with Crippen molar-refractivity contribution in [3.05, 3.63) is 34.9 Å². The predicted octanol–water partition coefficient (Wildman–Crippen LogP) is 3.61. The van der Waals surface area contributed by atoms with Gasteiger partial charge in [0, 0.05) is 18.2 Å². The molecule has 1 aliphatic carbocycles. The van der Waals surface area contributed by atoms with Crippen molar-refractivity contribution in [1.29, 1.82) is 0 Å². The highest BCUT2D eigenvalue weighted by atomic mass is 16.1. The summed E-state index contributed by atoms with van der Waals surface area (Å²) in [5, 5.41) is 0. The number of aryl methyl sites for hydroxylation is 2. The SMILES string of the molecule is Cc1ccc(C)c(C(=O)CN(CC(C)C)C2CC2)c1. The fraction of sp³-hybridized carbons (Fsp3) is 0.588. The van der Waals surface area contributed by atoms with Crippen molar-refractivity contribution < 1.29 is 4.79 Å². The number of hydrogen-bond donors (Lipinski definition) is 0. The summed E-state index contributed by atoms with van der Waals surface area (Å²) in [5.74, 6) is 0.890. The first kappa shape index (κ1) is 14.3. The highest BCUT2D eigenvalue weighted by Gasteiger charge is 2.30. The van der Waals surface area contributed by atoms with Crippen LogP contribution < -0.4 is 0 Å². The molecule has 0 aromatic heterocycles. The lowest BCUT2D eigenvalue weighted by Gasteiger charge is -2.23. The third-order valence-electron chi connectivity index (χ3n) is 3.70. The molecule has 1 saturated carbocycles. The Hall–Kier alpha value is -1.15. The lowest BCUT2D eigenvalue weighted by Crippen LogP contribution is -2.35. The van der Waals surface area contributed by atoms with E-state index >= 15 is 0 Å². The topological polar surface area (TPSA) is 20.3 Å². The van der Waals surface area contributed by atoms with Crippen molar-refractivity contribution in [2.24, 2.45) is 5.92 Å². The largest absolute Gasteiger partial charge is 0.293 e. The van der Waals surface area contributed by atoms with Gasteiger partial charge in [0.1, 0.15) is 0 Å². The van der Waals surface area contributed by atoms with Gasteiger partial charge < -0.3 is 0 Å². The summed E-state index contributed by atoms with van der Waals surface area (Å²) in [6.45, 7) is 10.1. The normalized spacial score (nSPS) is 15.3. The first-order valence-corrected chi connectivity index (χ1v) is 7.32. The Morgan fingerprint density at radius 3 is 2.58 bits per heavy atom. The Balaban J connectivity index is 2.08. The van der Waals surface area contributed by atoms with Crippen molar-refractivity contribution in [2.45, 2.75) is 46.6 Å². The second-order valence-electron chi connectivity index (χ2n) is 6.30. The first-order valence-electron chi connectivity index (χ1n) is 7.32. The van der Waals surface area contributed by atoms with E-state index in [0.717, 1.165) is 23.2 Å². The third-order valence-corrected chi connectivity index (χ3v) is 3.70. The molecule has 0 bridgehead atoms. The molecule has 2 heteroatoms. The zero-order valence-electron chi connectivity index (χ0n) is 12.6. The summed E-state index contributed by atoms with van der Waals surface area (Å²) in [4.78, 5) is 14.9. The van der Waals surface area contributed by atoms with Crippen molar-refractivity contribution in [2.75, 3.05) is 13.1 Å². The molecule has 1 fully saturated rings. The molecule has 0 spiro atoms. The number of ketones is 1. The number of nitrogens with zero attached hydrogens (tertiary/aromatic N) is 1. The van der Waals surface area contributed by atoms with E-state index in [1.165, 1.54) is 12.8 Å². The van der Waals surface area contributed by atoms with Gasteiger partial charge in [-0.25, -0.2) is 0 Å². The van der Waals surface area contributed by atoms with E-state index in [4.69, 9.17) is 0 Å². The van der Waals surface area contributed by atoms with Crippen molar-refractivity contribution in [3.63, 3.8) is 0 Å². The maximum absolute atomic E-state index is 12.5. The molecule has 0 saturated heterocycles. The zero-order chi connectivity index (χ0) is 14.0. The number of rotatable bonds is 6. The van der Waals surface area contributed by atoms with Crippen LogP contribution in [0.4, 0.5) is 0 Å². The molecule has 1 aromatic carbocycles. The fourth-order valence-corrected chi connectivity index (χ4v) is 2.56. The fourth-order valence-electron chi connectivity index (χ4n) is 2.56.